The van der Waals surface area contributed by atoms with Gasteiger partial charge < -0.3 is 15.5 Å². The molecule has 0 radical (unpaired) electrons. The van der Waals surface area contributed by atoms with Crippen molar-refractivity contribution in [3.63, 3.8) is 0 Å². The number of amides is 1. The van der Waals surface area contributed by atoms with Crippen molar-refractivity contribution in [3.8, 4) is 0 Å². The molecule has 2 aliphatic heterocycles. The summed E-state index contributed by atoms with van der Waals surface area (Å²) in [4.78, 5) is 14.4. The van der Waals surface area contributed by atoms with E-state index in [4.69, 9.17) is 0 Å². The van der Waals surface area contributed by atoms with Crippen LogP contribution < -0.4 is 10.6 Å². The predicted octanol–water partition coefficient (Wildman–Crippen LogP) is 0.729. The van der Waals surface area contributed by atoms with Crippen LogP contribution in [-0.4, -0.2) is 49.1 Å². The first-order chi connectivity index (χ1) is 8.25. The summed E-state index contributed by atoms with van der Waals surface area (Å²) in [6.07, 6.45) is 5.97. The molecule has 2 heterocycles. The van der Waals surface area contributed by atoms with Gasteiger partial charge in [0.1, 0.15) is 0 Å². The molecule has 0 bridgehead atoms. The molecule has 17 heavy (non-hydrogen) atoms. The second-order valence-electron chi connectivity index (χ2n) is 5.39. The molecule has 2 aliphatic rings. The Hall–Kier alpha value is -0.610. The maximum absolute atomic E-state index is 11.9. The normalized spacial score (nSPS) is 30.4. The summed E-state index contributed by atoms with van der Waals surface area (Å²) < 4.78 is 0. The highest BCUT2D eigenvalue weighted by Gasteiger charge is 2.23. The molecule has 4 nitrogen and oxygen atoms in total. The lowest BCUT2D eigenvalue weighted by Crippen LogP contribution is -2.51. The molecule has 0 saturated carbocycles. The highest BCUT2D eigenvalue weighted by molar-refractivity contribution is 5.81. The van der Waals surface area contributed by atoms with Crippen molar-refractivity contribution in [3.05, 3.63) is 0 Å². The minimum atomic E-state index is 0.0392. The largest absolute Gasteiger partial charge is 0.353 e. The molecule has 0 aromatic heterocycles. The first-order valence-corrected chi connectivity index (χ1v) is 7.02. The van der Waals surface area contributed by atoms with Crippen LogP contribution in [0, 0.1) is 0 Å². The number of hydrogen-bond donors (Lipinski definition) is 2. The molecule has 4 heteroatoms. The van der Waals surface area contributed by atoms with Gasteiger partial charge in [0, 0.05) is 19.1 Å². The van der Waals surface area contributed by atoms with E-state index < -0.39 is 0 Å². The lowest BCUT2D eigenvalue weighted by atomic mass is 9.99. The number of carbonyl (C=O) groups excluding carboxylic acids is 1. The Balaban J connectivity index is 1.62. The van der Waals surface area contributed by atoms with Crippen molar-refractivity contribution in [1.82, 2.24) is 15.5 Å². The van der Waals surface area contributed by atoms with Crippen LogP contribution in [0.25, 0.3) is 0 Å². The van der Waals surface area contributed by atoms with E-state index in [0.717, 1.165) is 19.5 Å². The van der Waals surface area contributed by atoms with E-state index in [9.17, 15) is 4.79 Å². The quantitative estimate of drug-likeness (QED) is 0.760. The van der Waals surface area contributed by atoms with Crippen LogP contribution >= 0.6 is 0 Å². The predicted molar refractivity (Wildman–Crippen MR) is 68.9 cm³/mol. The third kappa shape index (κ3) is 3.96. The molecular formula is C13H25N3O. The summed E-state index contributed by atoms with van der Waals surface area (Å²) in [7, 11) is 0. The molecule has 1 amide bonds. The minimum absolute atomic E-state index is 0.0392. The second-order valence-corrected chi connectivity index (χ2v) is 5.39. The van der Waals surface area contributed by atoms with Gasteiger partial charge in [-0.25, -0.2) is 0 Å². The molecule has 2 atom stereocenters. The van der Waals surface area contributed by atoms with Crippen molar-refractivity contribution in [2.24, 2.45) is 0 Å². The zero-order valence-corrected chi connectivity index (χ0v) is 10.9. The molecule has 0 aromatic rings. The third-order valence-corrected chi connectivity index (χ3v) is 3.86. The summed E-state index contributed by atoms with van der Waals surface area (Å²) in [6.45, 7) is 6.37. The van der Waals surface area contributed by atoms with Crippen LogP contribution in [-0.2, 0) is 4.79 Å². The van der Waals surface area contributed by atoms with Crippen LogP contribution in [0.1, 0.15) is 39.0 Å². The number of nitrogens with one attached hydrogen (secondary N) is 2. The van der Waals surface area contributed by atoms with E-state index >= 15 is 0 Å². The van der Waals surface area contributed by atoms with Crippen LogP contribution in [0.5, 0.6) is 0 Å². The lowest BCUT2D eigenvalue weighted by Gasteiger charge is -2.28. The van der Waals surface area contributed by atoms with E-state index in [1.54, 1.807) is 0 Å². The molecule has 2 saturated heterocycles. The molecule has 2 unspecified atom stereocenters. The zero-order chi connectivity index (χ0) is 12.1. The summed E-state index contributed by atoms with van der Waals surface area (Å²) in [6, 6.07) is 0.524. The number of piperidine rings is 1. The molecule has 98 valence electrons. The molecule has 0 aliphatic carbocycles. The van der Waals surface area contributed by atoms with Gasteiger partial charge in [-0.15, -0.1) is 0 Å². The van der Waals surface area contributed by atoms with Gasteiger partial charge in [-0.2, -0.15) is 0 Å². The van der Waals surface area contributed by atoms with Crippen LogP contribution in [0.4, 0.5) is 0 Å². The Bertz CT molecular complexity index is 251. The topological polar surface area (TPSA) is 44.4 Å². The van der Waals surface area contributed by atoms with E-state index in [1.165, 1.54) is 38.8 Å². The van der Waals surface area contributed by atoms with Crippen LogP contribution in [0.3, 0.4) is 0 Å². The van der Waals surface area contributed by atoms with Gasteiger partial charge in [0.15, 0.2) is 0 Å². The number of likely N-dealkylation sites (tertiary alicyclic amines) is 1. The third-order valence-electron chi connectivity index (χ3n) is 3.86. The van der Waals surface area contributed by atoms with Crippen molar-refractivity contribution in [1.29, 1.82) is 0 Å². The van der Waals surface area contributed by atoms with Gasteiger partial charge >= 0.3 is 0 Å². The summed E-state index contributed by atoms with van der Waals surface area (Å²) in [5, 5.41) is 6.43. The highest BCUT2D eigenvalue weighted by atomic mass is 16.2. The first kappa shape index (κ1) is 12.8. The Morgan fingerprint density at radius 3 is 2.76 bits per heavy atom. The maximum atomic E-state index is 11.9. The fourth-order valence-electron chi connectivity index (χ4n) is 2.81. The number of rotatable bonds is 4. The molecule has 2 fully saturated rings. The maximum Gasteiger partial charge on any atom is 0.237 e. The molecule has 0 spiro atoms. The SMILES string of the molecule is CC1CCCC(C(=O)NCCN2CCCC2)N1. The van der Waals surface area contributed by atoms with Gasteiger partial charge in [-0.1, -0.05) is 0 Å². The Morgan fingerprint density at radius 1 is 1.29 bits per heavy atom. The van der Waals surface area contributed by atoms with E-state index in [0.29, 0.717) is 6.04 Å². The van der Waals surface area contributed by atoms with Gasteiger partial charge in [0.05, 0.1) is 6.04 Å². The van der Waals surface area contributed by atoms with Gasteiger partial charge in [0.25, 0.3) is 0 Å². The van der Waals surface area contributed by atoms with Crippen molar-refractivity contribution < 1.29 is 4.79 Å². The standard InChI is InChI=1S/C13H25N3O/c1-11-5-4-6-12(15-11)13(17)14-7-10-16-8-2-3-9-16/h11-12,15H,2-10H2,1H3,(H,14,17). The van der Waals surface area contributed by atoms with Gasteiger partial charge in [-0.05, 0) is 52.1 Å². The molecule has 0 aromatic carbocycles. The molecule has 2 N–H and O–H groups in total. The smallest absolute Gasteiger partial charge is 0.237 e. The summed E-state index contributed by atoms with van der Waals surface area (Å²) >= 11 is 0. The van der Waals surface area contributed by atoms with Crippen LogP contribution in [0.15, 0.2) is 0 Å². The fourth-order valence-corrected chi connectivity index (χ4v) is 2.81. The van der Waals surface area contributed by atoms with Crippen molar-refractivity contribution >= 4 is 5.91 Å². The Kier molecular flexibility index (Phi) is 4.80. The fraction of sp³-hybridized carbons (Fsp3) is 0.923. The van der Waals surface area contributed by atoms with Gasteiger partial charge in [-0.3, -0.25) is 4.79 Å². The zero-order valence-electron chi connectivity index (χ0n) is 10.9. The lowest BCUT2D eigenvalue weighted by molar-refractivity contribution is -0.124. The summed E-state index contributed by atoms with van der Waals surface area (Å²) in [5.41, 5.74) is 0. The van der Waals surface area contributed by atoms with Crippen LogP contribution in [0.2, 0.25) is 0 Å². The Labute approximate surface area is 104 Å². The van der Waals surface area contributed by atoms with Gasteiger partial charge in [0.2, 0.25) is 5.91 Å². The number of nitrogens with zero attached hydrogens (tertiary/aromatic N) is 1. The first-order valence-electron chi connectivity index (χ1n) is 7.02. The van der Waals surface area contributed by atoms with E-state index in [-0.39, 0.29) is 11.9 Å². The van der Waals surface area contributed by atoms with E-state index in [2.05, 4.69) is 22.5 Å². The summed E-state index contributed by atoms with van der Waals surface area (Å²) in [5.74, 6) is 0.191. The van der Waals surface area contributed by atoms with E-state index in [1.807, 2.05) is 0 Å². The number of hydrogen-bond acceptors (Lipinski definition) is 3. The minimum Gasteiger partial charge on any atom is -0.353 e. The Morgan fingerprint density at radius 2 is 2.06 bits per heavy atom. The highest BCUT2D eigenvalue weighted by Crippen LogP contribution is 2.12. The van der Waals surface area contributed by atoms with Crippen molar-refractivity contribution in [2.75, 3.05) is 26.2 Å². The molecule has 2 rings (SSSR count). The average Bonchev–Trinajstić information content (AvgIpc) is 2.82. The average molecular weight is 239 g/mol. The monoisotopic (exact) mass is 239 g/mol. The van der Waals surface area contributed by atoms with Crippen molar-refractivity contribution in [2.45, 2.75) is 51.1 Å². The number of carbonyl (C=O) groups is 1. The second kappa shape index (κ2) is 6.36. The molecular weight excluding hydrogens is 214 g/mol.